The predicted octanol–water partition coefficient (Wildman–Crippen LogP) is 3.30. The lowest BCUT2D eigenvalue weighted by atomic mass is 10.2. The molecule has 2 nitrogen and oxygen atoms in total. The first-order valence-electron chi connectivity index (χ1n) is 6.90. The molecular formula is C15H23ClN2. The van der Waals surface area contributed by atoms with Crippen LogP contribution in [-0.2, 0) is 6.54 Å². The van der Waals surface area contributed by atoms with Crippen LogP contribution < -0.4 is 5.32 Å². The average molecular weight is 267 g/mol. The SMILES string of the molecule is CN(CCCCNC1CC1)Cc1cccc(Cl)c1. The van der Waals surface area contributed by atoms with Crippen LogP contribution in [0.2, 0.25) is 5.02 Å². The normalized spacial score (nSPS) is 15.3. The maximum Gasteiger partial charge on any atom is 0.0409 e. The van der Waals surface area contributed by atoms with Crippen molar-refractivity contribution in [3.05, 3.63) is 34.9 Å². The van der Waals surface area contributed by atoms with Crippen LogP contribution in [0, 0.1) is 0 Å². The quantitative estimate of drug-likeness (QED) is 0.727. The lowest BCUT2D eigenvalue weighted by Crippen LogP contribution is -2.22. The van der Waals surface area contributed by atoms with Crippen LogP contribution in [-0.4, -0.2) is 31.1 Å². The molecule has 0 bridgehead atoms. The van der Waals surface area contributed by atoms with E-state index in [0.29, 0.717) is 0 Å². The van der Waals surface area contributed by atoms with E-state index < -0.39 is 0 Å². The van der Waals surface area contributed by atoms with Crippen molar-refractivity contribution >= 4 is 11.6 Å². The Morgan fingerprint density at radius 2 is 2.17 bits per heavy atom. The first-order valence-corrected chi connectivity index (χ1v) is 7.28. The number of unbranched alkanes of at least 4 members (excludes halogenated alkanes) is 1. The van der Waals surface area contributed by atoms with Crippen LogP contribution in [0.4, 0.5) is 0 Å². The number of halogens is 1. The van der Waals surface area contributed by atoms with Crippen LogP contribution in [0.25, 0.3) is 0 Å². The van der Waals surface area contributed by atoms with Crippen molar-refractivity contribution in [2.24, 2.45) is 0 Å². The van der Waals surface area contributed by atoms with E-state index in [2.05, 4.69) is 23.3 Å². The third-order valence-corrected chi connectivity index (χ3v) is 3.55. The largest absolute Gasteiger partial charge is 0.314 e. The number of nitrogens with zero attached hydrogens (tertiary/aromatic N) is 1. The molecule has 0 unspecified atom stereocenters. The predicted molar refractivity (Wildman–Crippen MR) is 78.0 cm³/mol. The molecule has 1 aliphatic carbocycles. The summed E-state index contributed by atoms with van der Waals surface area (Å²) in [6, 6.07) is 8.97. The summed E-state index contributed by atoms with van der Waals surface area (Å²) < 4.78 is 0. The molecule has 2 rings (SSSR count). The monoisotopic (exact) mass is 266 g/mol. The molecule has 1 aromatic rings. The standard InChI is InChI=1S/C15H23ClN2/c1-18(10-3-2-9-17-15-7-8-15)12-13-5-4-6-14(16)11-13/h4-6,11,15,17H,2-3,7-10,12H2,1H3. The third-order valence-electron chi connectivity index (χ3n) is 3.32. The van der Waals surface area contributed by atoms with Crippen molar-refractivity contribution in [2.75, 3.05) is 20.1 Å². The van der Waals surface area contributed by atoms with Gasteiger partial charge in [0, 0.05) is 17.6 Å². The zero-order chi connectivity index (χ0) is 12.8. The van der Waals surface area contributed by atoms with E-state index in [-0.39, 0.29) is 0 Å². The van der Waals surface area contributed by atoms with Crippen molar-refractivity contribution in [3.8, 4) is 0 Å². The molecular weight excluding hydrogens is 244 g/mol. The molecule has 0 heterocycles. The molecule has 0 spiro atoms. The van der Waals surface area contributed by atoms with Crippen LogP contribution >= 0.6 is 11.6 Å². The molecule has 1 N–H and O–H groups in total. The molecule has 0 aliphatic heterocycles. The molecule has 1 aromatic carbocycles. The summed E-state index contributed by atoms with van der Waals surface area (Å²) in [5.74, 6) is 0. The summed E-state index contributed by atoms with van der Waals surface area (Å²) >= 11 is 5.98. The molecule has 18 heavy (non-hydrogen) atoms. The van der Waals surface area contributed by atoms with Crippen LogP contribution in [0.5, 0.6) is 0 Å². The van der Waals surface area contributed by atoms with E-state index in [4.69, 9.17) is 11.6 Å². The van der Waals surface area contributed by atoms with Gasteiger partial charge in [0.1, 0.15) is 0 Å². The van der Waals surface area contributed by atoms with Crippen molar-refractivity contribution in [3.63, 3.8) is 0 Å². The molecule has 1 aliphatic rings. The minimum atomic E-state index is 0.828. The molecule has 3 heteroatoms. The second-order valence-electron chi connectivity index (χ2n) is 5.30. The van der Waals surface area contributed by atoms with Gasteiger partial charge in [0.25, 0.3) is 0 Å². The van der Waals surface area contributed by atoms with E-state index in [1.807, 2.05) is 18.2 Å². The third kappa shape index (κ3) is 5.38. The highest BCUT2D eigenvalue weighted by Crippen LogP contribution is 2.18. The highest BCUT2D eigenvalue weighted by molar-refractivity contribution is 6.30. The smallest absolute Gasteiger partial charge is 0.0409 e. The van der Waals surface area contributed by atoms with E-state index in [0.717, 1.165) is 24.2 Å². The van der Waals surface area contributed by atoms with Gasteiger partial charge in [-0.2, -0.15) is 0 Å². The number of benzene rings is 1. The fourth-order valence-corrected chi connectivity index (χ4v) is 2.34. The fourth-order valence-electron chi connectivity index (χ4n) is 2.13. The Balaban J connectivity index is 1.57. The van der Waals surface area contributed by atoms with Gasteiger partial charge in [-0.15, -0.1) is 0 Å². The van der Waals surface area contributed by atoms with Crippen molar-refractivity contribution in [2.45, 2.75) is 38.3 Å². The number of nitrogens with one attached hydrogen (secondary N) is 1. The summed E-state index contributed by atoms with van der Waals surface area (Å²) in [5.41, 5.74) is 1.29. The summed E-state index contributed by atoms with van der Waals surface area (Å²) in [5, 5.41) is 4.38. The lowest BCUT2D eigenvalue weighted by molar-refractivity contribution is 0.317. The summed E-state index contributed by atoms with van der Waals surface area (Å²) in [6.45, 7) is 3.31. The topological polar surface area (TPSA) is 15.3 Å². The molecule has 0 amide bonds. The Morgan fingerprint density at radius 1 is 1.33 bits per heavy atom. The minimum Gasteiger partial charge on any atom is -0.314 e. The maximum atomic E-state index is 5.98. The van der Waals surface area contributed by atoms with E-state index in [1.54, 1.807) is 0 Å². The zero-order valence-electron chi connectivity index (χ0n) is 11.2. The van der Waals surface area contributed by atoms with Crippen molar-refractivity contribution in [1.29, 1.82) is 0 Å². The molecule has 1 fully saturated rings. The Bertz CT molecular complexity index is 363. The van der Waals surface area contributed by atoms with Gasteiger partial charge in [0.05, 0.1) is 0 Å². The van der Waals surface area contributed by atoms with Gasteiger partial charge in [0.15, 0.2) is 0 Å². The van der Waals surface area contributed by atoms with E-state index in [1.165, 1.54) is 37.8 Å². The van der Waals surface area contributed by atoms with Crippen LogP contribution in [0.1, 0.15) is 31.2 Å². The first kappa shape index (κ1) is 13.9. The molecule has 0 saturated heterocycles. The summed E-state index contributed by atoms with van der Waals surface area (Å²) in [6.07, 6.45) is 5.30. The number of hydrogen-bond acceptors (Lipinski definition) is 2. The van der Waals surface area contributed by atoms with Gasteiger partial charge < -0.3 is 10.2 Å². The van der Waals surface area contributed by atoms with E-state index >= 15 is 0 Å². The van der Waals surface area contributed by atoms with Gasteiger partial charge >= 0.3 is 0 Å². The van der Waals surface area contributed by atoms with Crippen LogP contribution in [0.15, 0.2) is 24.3 Å². The summed E-state index contributed by atoms with van der Waals surface area (Å²) in [4.78, 5) is 2.36. The Labute approximate surface area is 115 Å². The highest BCUT2D eigenvalue weighted by atomic mass is 35.5. The average Bonchev–Trinajstić information content (AvgIpc) is 3.12. The Kier molecular flexibility index (Phi) is 5.48. The number of rotatable bonds is 8. The fraction of sp³-hybridized carbons (Fsp3) is 0.600. The number of hydrogen-bond donors (Lipinski definition) is 1. The van der Waals surface area contributed by atoms with E-state index in [9.17, 15) is 0 Å². The lowest BCUT2D eigenvalue weighted by Gasteiger charge is -2.16. The second-order valence-corrected chi connectivity index (χ2v) is 5.74. The van der Waals surface area contributed by atoms with Gasteiger partial charge in [-0.3, -0.25) is 0 Å². The highest BCUT2D eigenvalue weighted by Gasteiger charge is 2.19. The molecule has 100 valence electrons. The van der Waals surface area contributed by atoms with Crippen molar-refractivity contribution in [1.82, 2.24) is 10.2 Å². The molecule has 0 radical (unpaired) electrons. The zero-order valence-corrected chi connectivity index (χ0v) is 11.9. The van der Waals surface area contributed by atoms with Gasteiger partial charge in [-0.25, -0.2) is 0 Å². The first-order chi connectivity index (χ1) is 8.74. The van der Waals surface area contributed by atoms with Crippen molar-refractivity contribution < 1.29 is 0 Å². The minimum absolute atomic E-state index is 0.828. The van der Waals surface area contributed by atoms with Gasteiger partial charge in [0.2, 0.25) is 0 Å². The molecule has 0 atom stereocenters. The molecule has 1 saturated carbocycles. The molecule has 0 aromatic heterocycles. The van der Waals surface area contributed by atoms with Gasteiger partial charge in [-0.05, 0) is 63.5 Å². The van der Waals surface area contributed by atoms with Crippen LogP contribution in [0.3, 0.4) is 0 Å². The second kappa shape index (κ2) is 7.13. The maximum absolute atomic E-state index is 5.98. The Hall–Kier alpha value is -0.570. The summed E-state index contributed by atoms with van der Waals surface area (Å²) in [7, 11) is 2.18. The Morgan fingerprint density at radius 3 is 2.89 bits per heavy atom. The van der Waals surface area contributed by atoms with Gasteiger partial charge in [-0.1, -0.05) is 23.7 Å².